The van der Waals surface area contributed by atoms with E-state index in [0.29, 0.717) is 36.9 Å². The maximum Gasteiger partial charge on any atom is 0.348 e. The van der Waals surface area contributed by atoms with Crippen LogP contribution in [-0.4, -0.2) is 67.9 Å². The summed E-state index contributed by atoms with van der Waals surface area (Å²) in [5.41, 5.74) is 0.195. The van der Waals surface area contributed by atoms with Crippen LogP contribution >= 0.6 is 11.3 Å². The average molecular weight is 394 g/mol. The number of hydrogen-bond donors (Lipinski definition) is 2. The zero-order valence-electron chi connectivity index (χ0n) is 16.1. The van der Waals surface area contributed by atoms with Crippen molar-refractivity contribution >= 4 is 28.9 Å². The molecule has 0 bridgehead atoms. The van der Waals surface area contributed by atoms with E-state index in [2.05, 4.69) is 17.2 Å². The number of thiophene rings is 1. The summed E-state index contributed by atoms with van der Waals surface area (Å²) in [5.74, 6) is 4.93. The molecule has 0 radical (unpaired) electrons. The number of carbonyl (C=O) groups excluding carboxylic acids is 1. The number of ether oxygens (including phenoxy) is 2. The molecule has 1 saturated heterocycles. The lowest BCUT2D eigenvalue weighted by Crippen LogP contribution is -2.49. The van der Waals surface area contributed by atoms with Gasteiger partial charge in [0, 0.05) is 25.6 Å². The fourth-order valence-electron chi connectivity index (χ4n) is 2.50. The average Bonchev–Trinajstić information content (AvgIpc) is 3.02. The molecular weight excluding hydrogens is 368 g/mol. The Hall–Kier alpha value is -2.08. The number of nitrogens with one attached hydrogen (secondary N) is 1. The lowest BCUT2D eigenvalue weighted by atomic mass is 9.98. The SMILES string of the molecule is COCC(Nc1cc(C#CC(C)(C)C)sc1C(=O)O)C(=O)N1CCOCC1. The Bertz CT molecular complexity index is 736. The third kappa shape index (κ3) is 6.24. The number of nitrogens with zero attached hydrogens (tertiary/aromatic N) is 1. The van der Waals surface area contributed by atoms with Crippen molar-refractivity contribution in [1.82, 2.24) is 4.90 Å². The second-order valence-corrected chi connectivity index (χ2v) is 8.30. The van der Waals surface area contributed by atoms with Crippen molar-refractivity contribution < 1.29 is 24.2 Å². The molecule has 2 heterocycles. The molecule has 0 spiro atoms. The summed E-state index contributed by atoms with van der Waals surface area (Å²) >= 11 is 1.09. The summed E-state index contributed by atoms with van der Waals surface area (Å²) in [6, 6.07) is 1.01. The van der Waals surface area contributed by atoms with E-state index in [-0.39, 0.29) is 22.8 Å². The Morgan fingerprint density at radius 2 is 2.07 bits per heavy atom. The van der Waals surface area contributed by atoms with Crippen LogP contribution in [0.2, 0.25) is 0 Å². The van der Waals surface area contributed by atoms with Gasteiger partial charge >= 0.3 is 5.97 Å². The minimum atomic E-state index is -1.05. The largest absolute Gasteiger partial charge is 0.477 e. The molecule has 1 aliphatic heterocycles. The van der Waals surface area contributed by atoms with Gasteiger partial charge in [0.1, 0.15) is 10.9 Å². The maximum absolute atomic E-state index is 12.8. The van der Waals surface area contributed by atoms with Crippen LogP contribution in [0.25, 0.3) is 0 Å². The Morgan fingerprint density at radius 3 is 2.63 bits per heavy atom. The van der Waals surface area contributed by atoms with Gasteiger partial charge in [-0.25, -0.2) is 4.79 Å². The standard InChI is InChI=1S/C19H26N2O5S/c1-19(2,3)6-5-13-11-14(16(27-13)18(23)24)20-15(12-25-4)17(22)21-7-9-26-10-8-21/h11,15,20H,7-10,12H2,1-4H3,(H,23,24). The lowest BCUT2D eigenvalue weighted by molar-refractivity contribution is -0.137. The molecule has 0 aliphatic carbocycles. The second-order valence-electron chi connectivity index (χ2n) is 7.25. The summed E-state index contributed by atoms with van der Waals surface area (Å²) in [4.78, 5) is 26.9. The normalized spacial score (nSPS) is 15.6. The van der Waals surface area contributed by atoms with E-state index in [1.807, 2.05) is 20.8 Å². The quantitative estimate of drug-likeness (QED) is 0.719. The van der Waals surface area contributed by atoms with Gasteiger partial charge in [-0.05, 0) is 26.8 Å². The first-order valence-electron chi connectivity index (χ1n) is 8.73. The second kappa shape index (κ2) is 9.22. The highest BCUT2D eigenvalue weighted by atomic mass is 32.1. The zero-order chi connectivity index (χ0) is 20.0. The van der Waals surface area contributed by atoms with Crippen LogP contribution in [-0.2, 0) is 14.3 Å². The molecule has 1 aromatic heterocycles. The van der Waals surface area contributed by atoms with Gasteiger partial charge in [0.15, 0.2) is 0 Å². The minimum absolute atomic E-state index is 0.129. The number of morpholine rings is 1. The van der Waals surface area contributed by atoms with Gasteiger partial charge in [-0.3, -0.25) is 4.79 Å². The van der Waals surface area contributed by atoms with E-state index in [9.17, 15) is 14.7 Å². The summed E-state index contributed by atoms with van der Waals surface area (Å²) in [6.07, 6.45) is 0. The molecule has 1 amide bonds. The van der Waals surface area contributed by atoms with Crippen LogP contribution < -0.4 is 5.32 Å². The van der Waals surface area contributed by atoms with Crippen molar-refractivity contribution in [2.24, 2.45) is 5.41 Å². The highest BCUT2D eigenvalue weighted by Crippen LogP contribution is 2.28. The Labute approximate surface area is 163 Å². The van der Waals surface area contributed by atoms with E-state index in [0.717, 1.165) is 11.3 Å². The summed E-state index contributed by atoms with van der Waals surface area (Å²) < 4.78 is 10.5. The van der Waals surface area contributed by atoms with E-state index >= 15 is 0 Å². The van der Waals surface area contributed by atoms with Gasteiger partial charge in [-0.15, -0.1) is 11.3 Å². The molecule has 1 fully saturated rings. The van der Waals surface area contributed by atoms with E-state index in [1.54, 1.807) is 11.0 Å². The summed E-state index contributed by atoms with van der Waals surface area (Å²) in [5, 5.41) is 12.6. The van der Waals surface area contributed by atoms with Gasteiger partial charge < -0.3 is 24.8 Å². The number of rotatable bonds is 6. The molecule has 1 aliphatic rings. The predicted molar refractivity (Wildman–Crippen MR) is 104 cm³/mol. The third-order valence-electron chi connectivity index (χ3n) is 3.77. The first-order valence-corrected chi connectivity index (χ1v) is 9.55. The lowest BCUT2D eigenvalue weighted by Gasteiger charge is -2.30. The molecule has 148 valence electrons. The molecule has 8 heteroatoms. The monoisotopic (exact) mass is 394 g/mol. The van der Waals surface area contributed by atoms with Crippen molar-refractivity contribution in [2.75, 3.05) is 45.3 Å². The molecule has 7 nitrogen and oxygen atoms in total. The van der Waals surface area contributed by atoms with Crippen molar-refractivity contribution in [3.8, 4) is 11.8 Å². The molecule has 0 saturated carbocycles. The van der Waals surface area contributed by atoms with Gasteiger partial charge in [-0.1, -0.05) is 11.8 Å². The van der Waals surface area contributed by atoms with Crippen molar-refractivity contribution in [3.63, 3.8) is 0 Å². The molecule has 1 atom stereocenters. The highest BCUT2D eigenvalue weighted by molar-refractivity contribution is 7.15. The van der Waals surface area contributed by atoms with Gasteiger partial charge in [0.05, 0.1) is 30.4 Å². The smallest absolute Gasteiger partial charge is 0.348 e. The number of hydrogen-bond acceptors (Lipinski definition) is 6. The zero-order valence-corrected chi connectivity index (χ0v) is 16.9. The summed E-state index contributed by atoms with van der Waals surface area (Å²) in [6.45, 7) is 8.11. The molecular formula is C19H26N2O5S. The fourth-order valence-corrected chi connectivity index (χ4v) is 3.31. The number of carboxylic acids is 1. The van der Waals surface area contributed by atoms with E-state index < -0.39 is 12.0 Å². The number of carboxylic acid groups (broad SMARTS) is 1. The van der Waals surface area contributed by atoms with Crippen LogP contribution in [0.4, 0.5) is 5.69 Å². The first kappa shape index (κ1) is 21.2. The van der Waals surface area contributed by atoms with E-state index in [4.69, 9.17) is 9.47 Å². The maximum atomic E-state index is 12.8. The molecule has 0 aromatic carbocycles. The van der Waals surface area contributed by atoms with Crippen LogP contribution in [0.15, 0.2) is 6.07 Å². The number of amides is 1. The molecule has 1 aromatic rings. The summed E-state index contributed by atoms with van der Waals surface area (Å²) in [7, 11) is 1.51. The van der Waals surface area contributed by atoms with Crippen LogP contribution in [0.5, 0.6) is 0 Å². The van der Waals surface area contributed by atoms with E-state index in [1.165, 1.54) is 7.11 Å². The van der Waals surface area contributed by atoms with Gasteiger partial charge in [-0.2, -0.15) is 0 Å². The van der Waals surface area contributed by atoms with Crippen LogP contribution in [0.1, 0.15) is 35.3 Å². The predicted octanol–water partition coefficient (Wildman–Crippen LogP) is 2.13. The van der Waals surface area contributed by atoms with Crippen LogP contribution in [0.3, 0.4) is 0 Å². The Balaban J connectivity index is 2.24. The highest BCUT2D eigenvalue weighted by Gasteiger charge is 2.28. The number of aromatic carboxylic acids is 1. The van der Waals surface area contributed by atoms with Crippen molar-refractivity contribution in [1.29, 1.82) is 0 Å². The Morgan fingerprint density at radius 1 is 1.41 bits per heavy atom. The minimum Gasteiger partial charge on any atom is -0.477 e. The molecule has 1 unspecified atom stereocenters. The topological polar surface area (TPSA) is 88.1 Å². The molecule has 2 N–H and O–H groups in total. The number of carbonyl (C=O) groups is 2. The number of methoxy groups -OCH3 is 1. The van der Waals surface area contributed by atoms with Gasteiger partial charge in [0.2, 0.25) is 5.91 Å². The molecule has 27 heavy (non-hydrogen) atoms. The Kier molecular flexibility index (Phi) is 7.25. The van der Waals surface area contributed by atoms with Gasteiger partial charge in [0.25, 0.3) is 0 Å². The third-order valence-corrected chi connectivity index (χ3v) is 4.81. The molecule has 2 rings (SSSR count). The number of anilines is 1. The fraction of sp³-hybridized carbons (Fsp3) is 0.579. The van der Waals surface area contributed by atoms with Crippen LogP contribution in [0, 0.1) is 17.3 Å². The van der Waals surface area contributed by atoms with Crippen molar-refractivity contribution in [3.05, 3.63) is 15.8 Å². The first-order chi connectivity index (χ1) is 12.7. The van der Waals surface area contributed by atoms with Crippen molar-refractivity contribution in [2.45, 2.75) is 26.8 Å².